The highest BCUT2D eigenvalue weighted by molar-refractivity contribution is 5.98. The van der Waals surface area contributed by atoms with Crippen LogP contribution >= 0.6 is 0 Å². The van der Waals surface area contributed by atoms with Crippen molar-refractivity contribution in [3.63, 3.8) is 0 Å². The van der Waals surface area contributed by atoms with Gasteiger partial charge in [0.15, 0.2) is 0 Å². The van der Waals surface area contributed by atoms with Crippen molar-refractivity contribution in [1.82, 2.24) is 5.32 Å². The number of anilines is 1. The lowest BCUT2D eigenvalue weighted by molar-refractivity contribution is -0.148. The van der Waals surface area contributed by atoms with Gasteiger partial charge < -0.3 is 15.8 Å². The summed E-state index contributed by atoms with van der Waals surface area (Å²) < 4.78 is 4.93. The highest BCUT2D eigenvalue weighted by Crippen LogP contribution is 2.28. The van der Waals surface area contributed by atoms with Crippen molar-refractivity contribution in [1.29, 1.82) is 0 Å². The SMILES string of the molecule is COC(=O)C1(NC(=O)c2ccc(N)cc2)CCCCCC1. The molecule has 0 aromatic heterocycles. The molecule has 0 bridgehead atoms. The number of methoxy groups -OCH3 is 1. The van der Waals surface area contributed by atoms with Gasteiger partial charge in [-0.05, 0) is 37.1 Å². The van der Waals surface area contributed by atoms with Gasteiger partial charge >= 0.3 is 5.97 Å². The average Bonchev–Trinajstić information content (AvgIpc) is 2.73. The van der Waals surface area contributed by atoms with Crippen LogP contribution in [0.4, 0.5) is 5.69 Å². The zero-order valence-electron chi connectivity index (χ0n) is 12.4. The molecule has 114 valence electrons. The lowest BCUT2D eigenvalue weighted by Gasteiger charge is -2.30. The topological polar surface area (TPSA) is 81.4 Å². The number of rotatable bonds is 3. The van der Waals surface area contributed by atoms with Gasteiger partial charge in [-0.1, -0.05) is 25.7 Å². The maximum Gasteiger partial charge on any atom is 0.331 e. The van der Waals surface area contributed by atoms with Crippen LogP contribution in [0, 0.1) is 0 Å². The predicted molar refractivity (Wildman–Crippen MR) is 80.8 cm³/mol. The van der Waals surface area contributed by atoms with E-state index in [4.69, 9.17) is 10.5 Å². The fraction of sp³-hybridized carbons (Fsp3) is 0.500. The van der Waals surface area contributed by atoms with E-state index in [1.807, 2.05) is 0 Å². The van der Waals surface area contributed by atoms with Crippen LogP contribution in [0.3, 0.4) is 0 Å². The molecule has 0 spiro atoms. The second kappa shape index (κ2) is 6.61. The molecule has 5 nitrogen and oxygen atoms in total. The molecule has 1 fully saturated rings. The molecule has 1 aromatic rings. The molecule has 1 aliphatic rings. The third kappa shape index (κ3) is 3.54. The van der Waals surface area contributed by atoms with E-state index < -0.39 is 5.54 Å². The zero-order valence-corrected chi connectivity index (χ0v) is 12.4. The summed E-state index contributed by atoms with van der Waals surface area (Å²) >= 11 is 0. The molecule has 0 heterocycles. The molecule has 1 aromatic carbocycles. The summed E-state index contributed by atoms with van der Waals surface area (Å²) in [5.74, 6) is -0.615. The van der Waals surface area contributed by atoms with Crippen LogP contribution in [-0.4, -0.2) is 24.5 Å². The fourth-order valence-electron chi connectivity index (χ4n) is 2.83. The molecule has 0 aliphatic heterocycles. The summed E-state index contributed by atoms with van der Waals surface area (Å²) in [6, 6.07) is 6.67. The Balaban J connectivity index is 2.19. The van der Waals surface area contributed by atoms with Crippen molar-refractivity contribution in [3.05, 3.63) is 29.8 Å². The Morgan fingerprint density at radius 3 is 2.19 bits per heavy atom. The molecular formula is C16H22N2O3. The number of carbonyl (C=O) groups excluding carboxylic acids is 2. The molecule has 5 heteroatoms. The van der Waals surface area contributed by atoms with E-state index in [1.165, 1.54) is 7.11 Å². The van der Waals surface area contributed by atoms with Crippen molar-refractivity contribution in [2.45, 2.75) is 44.1 Å². The van der Waals surface area contributed by atoms with Crippen LogP contribution in [-0.2, 0) is 9.53 Å². The van der Waals surface area contributed by atoms with Crippen molar-refractivity contribution in [2.75, 3.05) is 12.8 Å². The summed E-state index contributed by atoms with van der Waals surface area (Å²) in [5.41, 5.74) is 5.82. The van der Waals surface area contributed by atoms with Gasteiger partial charge in [-0.2, -0.15) is 0 Å². The number of esters is 1. The number of hydrogen-bond donors (Lipinski definition) is 2. The van der Waals surface area contributed by atoms with Gasteiger partial charge in [-0.3, -0.25) is 4.79 Å². The van der Waals surface area contributed by atoms with Crippen LogP contribution < -0.4 is 11.1 Å². The number of nitrogens with one attached hydrogen (secondary N) is 1. The Labute approximate surface area is 124 Å². The van der Waals surface area contributed by atoms with Gasteiger partial charge in [0, 0.05) is 11.3 Å². The van der Waals surface area contributed by atoms with E-state index in [9.17, 15) is 9.59 Å². The average molecular weight is 290 g/mol. The molecule has 0 saturated heterocycles. The molecule has 2 rings (SSSR count). The summed E-state index contributed by atoms with van der Waals surface area (Å²) in [5, 5.41) is 2.90. The number of carbonyl (C=O) groups is 2. The standard InChI is InChI=1S/C16H22N2O3/c1-21-15(20)16(10-4-2-3-5-11-16)18-14(19)12-6-8-13(17)9-7-12/h6-9H,2-5,10-11,17H2,1H3,(H,18,19). The zero-order chi connectivity index (χ0) is 15.3. The minimum Gasteiger partial charge on any atom is -0.467 e. The monoisotopic (exact) mass is 290 g/mol. The Morgan fingerprint density at radius 2 is 1.67 bits per heavy atom. The number of amides is 1. The first-order valence-electron chi connectivity index (χ1n) is 7.34. The predicted octanol–water partition coefficient (Wildman–Crippen LogP) is 2.26. The van der Waals surface area contributed by atoms with Crippen molar-refractivity contribution in [2.24, 2.45) is 0 Å². The molecule has 1 saturated carbocycles. The van der Waals surface area contributed by atoms with Gasteiger partial charge in [0.05, 0.1) is 7.11 Å². The van der Waals surface area contributed by atoms with Crippen molar-refractivity contribution in [3.8, 4) is 0 Å². The van der Waals surface area contributed by atoms with Crippen LogP contribution in [0.25, 0.3) is 0 Å². The van der Waals surface area contributed by atoms with E-state index in [0.717, 1.165) is 25.7 Å². The number of benzene rings is 1. The summed E-state index contributed by atoms with van der Waals surface area (Å²) in [7, 11) is 1.37. The molecule has 1 amide bonds. The molecule has 1 aliphatic carbocycles. The summed E-state index contributed by atoms with van der Waals surface area (Å²) in [4.78, 5) is 24.6. The van der Waals surface area contributed by atoms with Gasteiger partial charge in [0.1, 0.15) is 5.54 Å². The highest BCUT2D eigenvalue weighted by atomic mass is 16.5. The third-order valence-corrected chi connectivity index (χ3v) is 4.06. The van der Waals surface area contributed by atoms with E-state index in [-0.39, 0.29) is 11.9 Å². The highest BCUT2D eigenvalue weighted by Gasteiger charge is 2.41. The normalized spacial score (nSPS) is 17.6. The lowest BCUT2D eigenvalue weighted by Crippen LogP contribution is -2.54. The Morgan fingerprint density at radius 1 is 1.10 bits per heavy atom. The number of nitrogen functional groups attached to an aromatic ring is 1. The first-order chi connectivity index (χ1) is 10.1. The molecular weight excluding hydrogens is 268 g/mol. The van der Waals surface area contributed by atoms with Crippen LogP contribution in [0.15, 0.2) is 24.3 Å². The molecule has 0 radical (unpaired) electrons. The quantitative estimate of drug-likeness (QED) is 0.508. The van der Waals surface area contributed by atoms with E-state index in [0.29, 0.717) is 24.1 Å². The Hall–Kier alpha value is -2.04. The number of nitrogens with two attached hydrogens (primary N) is 1. The second-order valence-corrected chi connectivity index (χ2v) is 5.56. The van der Waals surface area contributed by atoms with E-state index in [1.54, 1.807) is 24.3 Å². The summed E-state index contributed by atoms with van der Waals surface area (Å²) in [6.07, 6.45) is 5.24. The first kappa shape index (κ1) is 15.4. The lowest BCUT2D eigenvalue weighted by atomic mass is 9.89. The number of ether oxygens (including phenoxy) is 1. The van der Waals surface area contributed by atoms with Gasteiger partial charge in [-0.15, -0.1) is 0 Å². The second-order valence-electron chi connectivity index (χ2n) is 5.56. The largest absolute Gasteiger partial charge is 0.467 e. The Bertz CT molecular complexity index is 503. The fourth-order valence-corrected chi connectivity index (χ4v) is 2.83. The van der Waals surface area contributed by atoms with E-state index in [2.05, 4.69) is 5.32 Å². The summed E-state index contributed by atoms with van der Waals surface area (Å²) in [6.45, 7) is 0. The number of hydrogen-bond acceptors (Lipinski definition) is 4. The molecule has 21 heavy (non-hydrogen) atoms. The molecule has 0 atom stereocenters. The molecule has 3 N–H and O–H groups in total. The maximum absolute atomic E-state index is 12.4. The maximum atomic E-state index is 12.4. The minimum atomic E-state index is -0.899. The van der Waals surface area contributed by atoms with Crippen LogP contribution in [0.1, 0.15) is 48.9 Å². The van der Waals surface area contributed by atoms with Gasteiger partial charge in [0.25, 0.3) is 5.91 Å². The van der Waals surface area contributed by atoms with E-state index >= 15 is 0 Å². The van der Waals surface area contributed by atoms with Gasteiger partial charge in [-0.25, -0.2) is 4.79 Å². The first-order valence-corrected chi connectivity index (χ1v) is 7.34. The van der Waals surface area contributed by atoms with Crippen molar-refractivity contribution < 1.29 is 14.3 Å². The minimum absolute atomic E-state index is 0.262. The smallest absolute Gasteiger partial charge is 0.331 e. The van der Waals surface area contributed by atoms with Crippen molar-refractivity contribution >= 4 is 17.6 Å². The Kier molecular flexibility index (Phi) is 4.83. The van der Waals surface area contributed by atoms with Crippen LogP contribution in [0.5, 0.6) is 0 Å². The third-order valence-electron chi connectivity index (χ3n) is 4.06. The molecule has 0 unspecified atom stereocenters. The van der Waals surface area contributed by atoms with Crippen LogP contribution in [0.2, 0.25) is 0 Å². The van der Waals surface area contributed by atoms with Gasteiger partial charge in [0.2, 0.25) is 0 Å².